The fourth-order valence-electron chi connectivity index (χ4n) is 5.14. The van der Waals surface area contributed by atoms with Crippen LogP contribution in [0.1, 0.15) is 19.3 Å². The van der Waals surface area contributed by atoms with Crippen LogP contribution in [0.3, 0.4) is 0 Å². The molecule has 1 fully saturated rings. The van der Waals surface area contributed by atoms with Gasteiger partial charge in [-0.2, -0.15) is 0 Å². The molecule has 2 aromatic rings. The molecule has 0 unspecified atom stereocenters. The Bertz CT molecular complexity index is 1100. The number of methoxy groups -OCH3 is 6. The number of rotatable bonds is 16. The standard InChI is InChI=1S/C31H48N6O8/c1-40-24-18-22(19-25(41-2)28(24)44-5)34-30(38)32-10-7-12-36-14-9-15-37(17-16-36)13-8-11-33-31(39)35-23-20-26(42-3)29(45-6)27(21-23)43-4/h18-21H,7-17H2,1-6H3,(H2,32,34,38)(H2,33,35,39). The molecule has 1 aliphatic rings. The van der Waals surface area contributed by atoms with Crippen LogP contribution in [0, 0.1) is 0 Å². The first-order chi connectivity index (χ1) is 21.8. The van der Waals surface area contributed by atoms with Crippen molar-refractivity contribution in [2.45, 2.75) is 19.3 Å². The van der Waals surface area contributed by atoms with Gasteiger partial charge in [-0.1, -0.05) is 0 Å². The van der Waals surface area contributed by atoms with Gasteiger partial charge in [0.1, 0.15) is 0 Å². The van der Waals surface area contributed by atoms with Gasteiger partial charge < -0.3 is 59.5 Å². The van der Waals surface area contributed by atoms with Crippen molar-refractivity contribution >= 4 is 23.4 Å². The number of amides is 4. The van der Waals surface area contributed by atoms with Crippen molar-refractivity contribution in [1.82, 2.24) is 20.4 Å². The molecule has 14 heteroatoms. The first kappa shape index (κ1) is 35.2. The average Bonchev–Trinajstić information content (AvgIpc) is 3.28. The summed E-state index contributed by atoms with van der Waals surface area (Å²) in [6.45, 7) is 6.88. The summed E-state index contributed by atoms with van der Waals surface area (Å²) in [6, 6.07) is 6.16. The summed E-state index contributed by atoms with van der Waals surface area (Å²) in [6.07, 6.45) is 2.76. The van der Waals surface area contributed by atoms with Gasteiger partial charge in [-0.25, -0.2) is 9.59 Å². The molecule has 3 rings (SSSR count). The lowest BCUT2D eigenvalue weighted by Crippen LogP contribution is -2.35. The monoisotopic (exact) mass is 632 g/mol. The number of hydrogen-bond donors (Lipinski definition) is 4. The number of hydrogen-bond acceptors (Lipinski definition) is 10. The zero-order chi connectivity index (χ0) is 32.6. The highest BCUT2D eigenvalue weighted by molar-refractivity contribution is 5.90. The third-order valence-electron chi connectivity index (χ3n) is 7.40. The molecule has 0 aliphatic carbocycles. The van der Waals surface area contributed by atoms with E-state index >= 15 is 0 Å². The molecule has 0 spiro atoms. The number of ether oxygens (including phenoxy) is 6. The van der Waals surface area contributed by atoms with E-state index in [4.69, 9.17) is 28.4 Å². The Morgan fingerprint density at radius 3 is 1.24 bits per heavy atom. The second kappa shape index (κ2) is 18.5. The fraction of sp³-hybridized carbons (Fsp3) is 0.548. The van der Waals surface area contributed by atoms with E-state index in [9.17, 15) is 9.59 Å². The van der Waals surface area contributed by atoms with Crippen LogP contribution in [-0.4, -0.2) is 117 Å². The van der Waals surface area contributed by atoms with Gasteiger partial charge in [-0.3, -0.25) is 0 Å². The van der Waals surface area contributed by atoms with Crippen LogP contribution < -0.4 is 49.7 Å². The zero-order valence-corrected chi connectivity index (χ0v) is 27.2. The molecular formula is C31H48N6O8. The van der Waals surface area contributed by atoms with Gasteiger partial charge in [0.05, 0.1) is 54.0 Å². The molecule has 2 aromatic carbocycles. The molecule has 1 aliphatic heterocycles. The first-order valence-electron chi connectivity index (χ1n) is 15.0. The van der Waals surface area contributed by atoms with Crippen molar-refractivity contribution in [2.75, 3.05) is 106 Å². The van der Waals surface area contributed by atoms with E-state index in [-0.39, 0.29) is 12.1 Å². The highest BCUT2D eigenvalue weighted by atomic mass is 16.5. The normalized spacial score (nSPS) is 13.6. The van der Waals surface area contributed by atoms with Crippen molar-refractivity contribution in [2.24, 2.45) is 0 Å². The topological polar surface area (TPSA) is 144 Å². The summed E-state index contributed by atoms with van der Waals surface area (Å²) in [5, 5.41) is 11.5. The van der Waals surface area contributed by atoms with Crippen LogP contribution in [0.2, 0.25) is 0 Å². The van der Waals surface area contributed by atoms with E-state index in [1.54, 1.807) is 24.3 Å². The van der Waals surface area contributed by atoms with Gasteiger partial charge in [0, 0.05) is 50.4 Å². The van der Waals surface area contributed by atoms with Crippen LogP contribution >= 0.6 is 0 Å². The SMILES string of the molecule is COc1cc(NC(=O)NCCCN2CCCN(CCCNC(=O)Nc3cc(OC)c(OC)c(OC)c3)CC2)cc(OC)c1OC. The van der Waals surface area contributed by atoms with E-state index in [2.05, 4.69) is 31.1 Å². The molecule has 0 radical (unpaired) electrons. The molecule has 0 bridgehead atoms. The summed E-state index contributed by atoms with van der Waals surface area (Å²) in [4.78, 5) is 29.8. The van der Waals surface area contributed by atoms with Gasteiger partial charge in [0.2, 0.25) is 11.5 Å². The number of urea groups is 2. The van der Waals surface area contributed by atoms with E-state index in [1.165, 1.54) is 42.7 Å². The van der Waals surface area contributed by atoms with Gasteiger partial charge in [0.25, 0.3) is 0 Å². The number of carbonyl (C=O) groups is 2. The Morgan fingerprint density at radius 1 is 0.578 bits per heavy atom. The van der Waals surface area contributed by atoms with Crippen LogP contribution in [0.4, 0.5) is 21.0 Å². The highest BCUT2D eigenvalue weighted by Crippen LogP contribution is 2.40. The van der Waals surface area contributed by atoms with Crippen LogP contribution in [0.15, 0.2) is 24.3 Å². The quantitative estimate of drug-likeness (QED) is 0.203. The van der Waals surface area contributed by atoms with Gasteiger partial charge in [-0.15, -0.1) is 0 Å². The molecule has 0 aromatic heterocycles. The van der Waals surface area contributed by atoms with E-state index in [0.29, 0.717) is 59.0 Å². The second-order valence-electron chi connectivity index (χ2n) is 10.3. The molecule has 4 amide bonds. The third-order valence-corrected chi connectivity index (χ3v) is 7.40. The largest absolute Gasteiger partial charge is 0.493 e. The maximum Gasteiger partial charge on any atom is 0.319 e. The maximum absolute atomic E-state index is 12.4. The van der Waals surface area contributed by atoms with E-state index in [0.717, 1.165) is 58.5 Å². The smallest absolute Gasteiger partial charge is 0.319 e. The summed E-state index contributed by atoms with van der Waals surface area (Å²) in [5.41, 5.74) is 1.09. The van der Waals surface area contributed by atoms with Crippen molar-refractivity contribution < 1.29 is 38.0 Å². The Labute approximate surface area is 265 Å². The molecule has 1 heterocycles. The Hall–Kier alpha value is -4.30. The minimum absolute atomic E-state index is 0.294. The predicted molar refractivity (Wildman–Crippen MR) is 173 cm³/mol. The van der Waals surface area contributed by atoms with Gasteiger partial charge >= 0.3 is 12.1 Å². The summed E-state index contributed by atoms with van der Waals surface area (Å²) in [7, 11) is 9.19. The summed E-state index contributed by atoms with van der Waals surface area (Å²) in [5.74, 6) is 2.81. The first-order valence-corrected chi connectivity index (χ1v) is 15.0. The molecule has 45 heavy (non-hydrogen) atoms. The highest BCUT2D eigenvalue weighted by Gasteiger charge is 2.17. The van der Waals surface area contributed by atoms with Gasteiger partial charge in [-0.05, 0) is 45.4 Å². The fourth-order valence-corrected chi connectivity index (χ4v) is 5.14. The Kier molecular flexibility index (Phi) is 14.5. The number of benzene rings is 2. The predicted octanol–water partition coefficient (Wildman–Crippen LogP) is 3.47. The molecular weight excluding hydrogens is 584 g/mol. The van der Waals surface area contributed by atoms with Crippen molar-refractivity contribution in [1.29, 1.82) is 0 Å². The van der Waals surface area contributed by atoms with Crippen LogP contribution in [0.25, 0.3) is 0 Å². The Balaban J connectivity index is 1.31. The number of nitrogens with zero attached hydrogens (tertiary/aromatic N) is 2. The molecule has 0 saturated carbocycles. The second-order valence-corrected chi connectivity index (χ2v) is 10.3. The van der Waals surface area contributed by atoms with Crippen LogP contribution in [0.5, 0.6) is 34.5 Å². The molecule has 14 nitrogen and oxygen atoms in total. The molecule has 250 valence electrons. The third kappa shape index (κ3) is 10.7. The van der Waals surface area contributed by atoms with Crippen molar-refractivity contribution in [3.63, 3.8) is 0 Å². The van der Waals surface area contributed by atoms with Crippen molar-refractivity contribution in [3.05, 3.63) is 24.3 Å². The summed E-state index contributed by atoms with van der Waals surface area (Å²) >= 11 is 0. The summed E-state index contributed by atoms with van der Waals surface area (Å²) < 4.78 is 32.0. The average molecular weight is 633 g/mol. The van der Waals surface area contributed by atoms with Gasteiger partial charge in [0.15, 0.2) is 23.0 Å². The van der Waals surface area contributed by atoms with Crippen molar-refractivity contribution in [3.8, 4) is 34.5 Å². The Morgan fingerprint density at radius 2 is 0.933 bits per heavy atom. The molecule has 0 atom stereocenters. The maximum atomic E-state index is 12.4. The number of carbonyl (C=O) groups excluding carboxylic acids is 2. The van der Waals surface area contributed by atoms with E-state index < -0.39 is 0 Å². The minimum atomic E-state index is -0.294. The lowest BCUT2D eigenvalue weighted by Gasteiger charge is -2.22. The molecule has 4 N–H and O–H groups in total. The number of nitrogens with one attached hydrogen (secondary N) is 4. The zero-order valence-electron chi connectivity index (χ0n) is 27.2. The molecule has 1 saturated heterocycles. The van der Waals surface area contributed by atoms with E-state index in [1.807, 2.05) is 0 Å². The lowest BCUT2D eigenvalue weighted by atomic mass is 10.2. The van der Waals surface area contributed by atoms with Crippen LogP contribution in [-0.2, 0) is 0 Å². The lowest BCUT2D eigenvalue weighted by molar-refractivity contribution is 0.242. The number of anilines is 2. The minimum Gasteiger partial charge on any atom is -0.493 e.